The van der Waals surface area contributed by atoms with Crippen LogP contribution in [0.1, 0.15) is 28.0 Å². The van der Waals surface area contributed by atoms with E-state index < -0.39 is 48.3 Å². The fourth-order valence-electron chi connectivity index (χ4n) is 4.20. The lowest BCUT2D eigenvalue weighted by Gasteiger charge is -2.41. The summed E-state index contributed by atoms with van der Waals surface area (Å²) >= 11 is 0. The zero-order chi connectivity index (χ0) is 27.0. The summed E-state index contributed by atoms with van der Waals surface area (Å²) in [6.45, 7) is -1.74. The van der Waals surface area contributed by atoms with Crippen LogP contribution >= 0.6 is 0 Å². The lowest BCUT2D eigenvalue weighted by atomic mass is 9.84. The predicted molar refractivity (Wildman–Crippen MR) is 112 cm³/mol. The smallest absolute Gasteiger partial charge is 0.416 e. The zero-order valence-electron chi connectivity index (χ0n) is 19.2. The van der Waals surface area contributed by atoms with Gasteiger partial charge >= 0.3 is 18.5 Å². The number of likely N-dealkylation sites (tertiary alicyclic amines) is 1. The average molecular weight is 538 g/mol. The molecule has 1 amide bonds. The molecule has 1 aromatic heterocycles. The Morgan fingerprint density at radius 3 is 2.62 bits per heavy atom. The summed E-state index contributed by atoms with van der Waals surface area (Å²) in [5.41, 5.74) is -2.04. The largest absolute Gasteiger partial charge is 0.493 e. The number of carbonyl (C=O) groups is 1. The lowest BCUT2D eigenvalue weighted by molar-refractivity contribution is -0.148. The molecule has 0 spiro atoms. The molecular weight excluding hydrogens is 517 g/mol. The molecule has 0 bridgehead atoms. The quantitative estimate of drug-likeness (QED) is 0.484. The number of methoxy groups -OCH3 is 1. The minimum Gasteiger partial charge on any atom is -0.493 e. The van der Waals surface area contributed by atoms with Gasteiger partial charge in [-0.15, -0.1) is 0 Å². The molecule has 4 rings (SSSR count). The third-order valence-electron chi connectivity index (χ3n) is 6.20. The Morgan fingerprint density at radius 2 is 1.95 bits per heavy atom. The molecule has 0 N–H and O–H groups in total. The van der Waals surface area contributed by atoms with E-state index in [1.807, 2.05) is 0 Å². The van der Waals surface area contributed by atoms with Crippen molar-refractivity contribution in [2.75, 3.05) is 33.6 Å². The molecule has 0 unspecified atom stereocenters. The second kappa shape index (κ2) is 9.97. The first-order valence-corrected chi connectivity index (χ1v) is 10.9. The second-order valence-electron chi connectivity index (χ2n) is 8.45. The minimum atomic E-state index is -4.58. The molecule has 37 heavy (non-hydrogen) atoms. The molecule has 2 fully saturated rings. The van der Waals surface area contributed by atoms with Crippen molar-refractivity contribution in [1.29, 1.82) is 0 Å². The van der Waals surface area contributed by atoms with Gasteiger partial charge < -0.3 is 23.8 Å². The van der Waals surface area contributed by atoms with Crippen molar-refractivity contribution in [3.63, 3.8) is 0 Å². The number of hydrogen-bond acceptors (Lipinski definition) is 6. The molecule has 2 saturated heterocycles. The first-order chi connectivity index (χ1) is 17.4. The van der Waals surface area contributed by atoms with Crippen molar-refractivity contribution >= 4 is 5.91 Å². The van der Waals surface area contributed by atoms with E-state index in [4.69, 9.17) is 18.9 Å². The van der Waals surface area contributed by atoms with E-state index in [1.165, 1.54) is 24.1 Å². The van der Waals surface area contributed by atoms with Crippen molar-refractivity contribution in [3.05, 3.63) is 53.3 Å². The van der Waals surface area contributed by atoms with Gasteiger partial charge in [-0.25, -0.2) is 8.78 Å². The van der Waals surface area contributed by atoms with Gasteiger partial charge in [0, 0.05) is 24.7 Å². The van der Waals surface area contributed by atoms with Crippen LogP contribution in [0.15, 0.2) is 36.5 Å². The number of nitrogens with zero attached hydrogens (tertiary/aromatic N) is 2. The highest BCUT2D eigenvalue weighted by Crippen LogP contribution is 2.43. The van der Waals surface area contributed by atoms with Crippen molar-refractivity contribution < 1.29 is 54.5 Å². The Kier molecular flexibility index (Phi) is 7.25. The van der Waals surface area contributed by atoms with E-state index in [0.29, 0.717) is 0 Å². The van der Waals surface area contributed by atoms with E-state index in [-0.39, 0.29) is 49.1 Å². The van der Waals surface area contributed by atoms with Crippen LogP contribution in [0, 0.1) is 0 Å². The van der Waals surface area contributed by atoms with Gasteiger partial charge in [0.05, 0.1) is 24.9 Å². The van der Waals surface area contributed by atoms with Crippen LogP contribution < -0.4 is 9.47 Å². The summed E-state index contributed by atoms with van der Waals surface area (Å²) < 4.78 is 112. The third-order valence-corrected chi connectivity index (χ3v) is 6.20. The summed E-state index contributed by atoms with van der Waals surface area (Å²) in [5.74, 6) is -5.28. The van der Waals surface area contributed by atoms with Gasteiger partial charge in [-0.2, -0.15) is 22.0 Å². The van der Waals surface area contributed by atoms with Gasteiger partial charge in [0.25, 0.3) is 5.91 Å². The Labute approximate surface area is 206 Å². The Bertz CT molecular complexity index is 1150. The average Bonchev–Trinajstić information content (AvgIpc) is 3.31. The zero-order valence-corrected chi connectivity index (χ0v) is 19.2. The van der Waals surface area contributed by atoms with Gasteiger partial charge in [0.2, 0.25) is 0 Å². The molecule has 0 aliphatic carbocycles. The van der Waals surface area contributed by atoms with Gasteiger partial charge in [0.1, 0.15) is 18.5 Å². The predicted octanol–water partition coefficient (Wildman–Crippen LogP) is 4.50. The van der Waals surface area contributed by atoms with Crippen LogP contribution in [0.25, 0.3) is 0 Å². The van der Waals surface area contributed by atoms with Crippen molar-refractivity contribution in [1.82, 2.24) is 9.88 Å². The van der Waals surface area contributed by atoms with Gasteiger partial charge in [-0.3, -0.25) is 9.78 Å². The first kappa shape index (κ1) is 26.9. The number of rotatable bonds is 7. The van der Waals surface area contributed by atoms with E-state index in [1.54, 1.807) is 0 Å². The topological polar surface area (TPSA) is 70.1 Å². The molecule has 7 nitrogen and oxygen atoms in total. The molecule has 202 valence electrons. The fourth-order valence-corrected chi connectivity index (χ4v) is 4.20. The van der Waals surface area contributed by atoms with Crippen LogP contribution in [-0.2, 0) is 21.3 Å². The number of hydrogen-bond donors (Lipinski definition) is 0. The van der Waals surface area contributed by atoms with Crippen LogP contribution in [0.4, 0.5) is 30.7 Å². The van der Waals surface area contributed by atoms with E-state index in [9.17, 15) is 35.5 Å². The standard InChI is InChI=1S/C23H21F7N2O5/c1-34-16-8-13(2-3-15(16)35-11-22(26,27)20(24)25)19(33)32-7-5-21(18(10-32)36-12-37-21)17-9-14(4-6-31-17)23(28,29)30/h2-4,6,8-9,18,20H,5,7,10-12H2,1H3/t18-,21-/m1/s1. The summed E-state index contributed by atoms with van der Waals surface area (Å²) in [4.78, 5) is 18.6. The van der Waals surface area contributed by atoms with Gasteiger partial charge in [-0.05, 0) is 30.3 Å². The number of benzene rings is 1. The van der Waals surface area contributed by atoms with E-state index >= 15 is 0 Å². The molecule has 2 aromatic rings. The second-order valence-corrected chi connectivity index (χ2v) is 8.45. The number of piperidine rings is 1. The number of halogens is 7. The highest BCUT2D eigenvalue weighted by atomic mass is 19.4. The van der Waals surface area contributed by atoms with Gasteiger partial charge in [-0.1, -0.05) is 0 Å². The Morgan fingerprint density at radius 1 is 1.19 bits per heavy atom. The number of ether oxygens (including phenoxy) is 4. The number of carbonyl (C=O) groups excluding carboxylic acids is 1. The highest BCUT2D eigenvalue weighted by molar-refractivity contribution is 5.95. The number of aromatic nitrogens is 1. The highest BCUT2D eigenvalue weighted by Gasteiger charge is 2.53. The van der Waals surface area contributed by atoms with Crippen LogP contribution in [0.3, 0.4) is 0 Å². The maximum Gasteiger partial charge on any atom is 0.416 e. The molecular formula is C23H21F7N2O5. The maximum atomic E-state index is 13.2. The Balaban J connectivity index is 1.50. The number of alkyl halides is 7. The van der Waals surface area contributed by atoms with Crippen molar-refractivity contribution in [2.24, 2.45) is 0 Å². The number of fused-ring (bicyclic) bond motifs is 1. The first-order valence-electron chi connectivity index (χ1n) is 10.9. The molecule has 2 aliphatic rings. The molecule has 3 heterocycles. The fraction of sp³-hybridized carbons (Fsp3) is 0.478. The van der Waals surface area contributed by atoms with Crippen molar-refractivity contribution in [3.8, 4) is 11.5 Å². The van der Waals surface area contributed by atoms with Crippen LogP contribution in [-0.4, -0.2) is 67.8 Å². The van der Waals surface area contributed by atoms with E-state index in [2.05, 4.69) is 4.98 Å². The molecule has 0 saturated carbocycles. The molecule has 0 radical (unpaired) electrons. The molecule has 2 atom stereocenters. The van der Waals surface area contributed by atoms with Crippen LogP contribution in [0.5, 0.6) is 11.5 Å². The Hall–Kier alpha value is -3.13. The summed E-state index contributed by atoms with van der Waals surface area (Å²) in [6, 6.07) is 5.35. The summed E-state index contributed by atoms with van der Waals surface area (Å²) in [5, 5.41) is 0. The third kappa shape index (κ3) is 5.30. The normalized spacial score (nSPS) is 22.2. The molecule has 1 aromatic carbocycles. The lowest BCUT2D eigenvalue weighted by Crippen LogP contribution is -2.54. The monoisotopic (exact) mass is 538 g/mol. The maximum absolute atomic E-state index is 13.2. The number of amides is 1. The minimum absolute atomic E-state index is 0.0298. The molecule has 2 aliphatic heterocycles. The number of pyridine rings is 1. The SMILES string of the molecule is COc1cc(C(=O)N2CC[C@]3(c4cc(C(F)(F)F)ccn4)OCO[C@@H]3C2)ccc1OCC(F)(F)C(F)F. The van der Waals surface area contributed by atoms with E-state index in [0.717, 1.165) is 24.4 Å². The molecule has 14 heteroatoms. The summed E-state index contributed by atoms with van der Waals surface area (Å²) in [6.07, 6.45) is -8.17. The summed E-state index contributed by atoms with van der Waals surface area (Å²) in [7, 11) is 1.18. The van der Waals surface area contributed by atoms with Gasteiger partial charge in [0.15, 0.2) is 18.1 Å². The van der Waals surface area contributed by atoms with Crippen molar-refractivity contribution in [2.45, 2.75) is 36.7 Å². The van der Waals surface area contributed by atoms with Crippen LogP contribution in [0.2, 0.25) is 0 Å².